The molecule has 132 valence electrons. The van der Waals surface area contributed by atoms with E-state index in [9.17, 15) is 4.79 Å². The molecule has 0 unspecified atom stereocenters. The molecule has 0 atom stereocenters. The molecule has 1 amide bonds. The van der Waals surface area contributed by atoms with Gasteiger partial charge in [0.05, 0.1) is 31.6 Å². The summed E-state index contributed by atoms with van der Waals surface area (Å²) in [6, 6.07) is 3.69. The van der Waals surface area contributed by atoms with E-state index in [1.807, 2.05) is 12.1 Å². The first kappa shape index (κ1) is 16.0. The highest BCUT2D eigenvalue weighted by Crippen LogP contribution is 2.31. The molecule has 2 aliphatic heterocycles. The van der Waals surface area contributed by atoms with Gasteiger partial charge in [-0.3, -0.25) is 4.79 Å². The van der Waals surface area contributed by atoms with Gasteiger partial charge < -0.3 is 24.1 Å². The number of piperidine rings is 1. The van der Waals surface area contributed by atoms with Gasteiger partial charge in [-0.2, -0.15) is 0 Å². The maximum absolute atomic E-state index is 12.6. The van der Waals surface area contributed by atoms with Crippen molar-refractivity contribution in [2.45, 2.75) is 25.2 Å². The number of hydrogen-bond donors (Lipinski definition) is 1. The van der Waals surface area contributed by atoms with E-state index in [1.54, 1.807) is 23.6 Å². The first-order chi connectivity index (χ1) is 12.2. The van der Waals surface area contributed by atoms with Crippen molar-refractivity contribution in [1.29, 1.82) is 0 Å². The molecular weight excluding hydrogens is 324 g/mol. The molecule has 0 aliphatic carbocycles. The van der Waals surface area contributed by atoms with Crippen LogP contribution in [0.4, 0.5) is 5.95 Å². The average Bonchev–Trinajstić information content (AvgIpc) is 3.33. The molecule has 0 aromatic carbocycles. The number of anilines is 1. The maximum Gasteiger partial charge on any atom is 0.256 e. The van der Waals surface area contributed by atoms with Gasteiger partial charge in [0.2, 0.25) is 5.95 Å². The topological polar surface area (TPSA) is 89.7 Å². The zero-order valence-corrected chi connectivity index (χ0v) is 13.8. The van der Waals surface area contributed by atoms with Gasteiger partial charge in [-0.1, -0.05) is 0 Å². The van der Waals surface area contributed by atoms with Crippen LogP contribution in [0.1, 0.15) is 29.0 Å². The maximum atomic E-state index is 12.6. The lowest BCUT2D eigenvalue weighted by molar-refractivity contribution is -0.181. The Hall–Kier alpha value is -2.45. The van der Waals surface area contributed by atoms with E-state index in [4.69, 9.17) is 13.9 Å². The van der Waals surface area contributed by atoms with Crippen molar-refractivity contribution in [3.8, 4) is 0 Å². The summed E-state index contributed by atoms with van der Waals surface area (Å²) >= 11 is 0. The molecule has 0 bridgehead atoms. The molecule has 4 rings (SSSR count). The Labute approximate surface area is 145 Å². The molecular formula is C17H20N4O4. The number of furan rings is 1. The van der Waals surface area contributed by atoms with E-state index in [0.717, 1.165) is 5.76 Å². The van der Waals surface area contributed by atoms with Crippen molar-refractivity contribution in [3.63, 3.8) is 0 Å². The van der Waals surface area contributed by atoms with Crippen LogP contribution in [0.3, 0.4) is 0 Å². The summed E-state index contributed by atoms with van der Waals surface area (Å²) in [4.78, 5) is 22.8. The number of nitrogens with one attached hydrogen (secondary N) is 1. The number of ether oxygens (including phenoxy) is 2. The van der Waals surface area contributed by atoms with Crippen molar-refractivity contribution in [2.24, 2.45) is 0 Å². The van der Waals surface area contributed by atoms with Gasteiger partial charge >= 0.3 is 0 Å². The summed E-state index contributed by atoms with van der Waals surface area (Å²) in [5, 5.41) is 3.05. The Kier molecular flexibility index (Phi) is 4.37. The fourth-order valence-corrected chi connectivity index (χ4v) is 3.13. The number of carbonyl (C=O) groups excluding carboxylic acids is 1. The Morgan fingerprint density at radius 3 is 2.56 bits per heavy atom. The molecule has 0 radical (unpaired) electrons. The third-order valence-electron chi connectivity index (χ3n) is 4.53. The van der Waals surface area contributed by atoms with E-state index in [1.165, 1.54) is 0 Å². The Morgan fingerprint density at radius 2 is 1.92 bits per heavy atom. The average molecular weight is 344 g/mol. The second-order valence-electron chi connectivity index (χ2n) is 6.13. The minimum Gasteiger partial charge on any atom is -0.467 e. The van der Waals surface area contributed by atoms with Crippen LogP contribution in [0.25, 0.3) is 0 Å². The van der Waals surface area contributed by atoms with Crippen LogP contribution in [-0.2, 0) is 16.0 Å². The van der Waals surface area contributed by atoms with E-state index < -0.39 is 5.79 Å². The van der Waals surface area contributed by atoms with Gasteiger partial charge in [-0.25, -0.2) is 9.97 Å². The zero-order valence-electron chi connectivity index (χ0n) is 13.8. The third kappa shape index (κ3) is 3.49. The van der Waals surface area contributed by atoms with E-state index in [-0.39, 0.29) is 5.91 Å². The van der Waals surface area contributed by atoms with Crippen LogP contribution in [0.2, 0.25) is 0 Å². The predicted molar refractivity (Wildman–Crippen MR) is 87.8 cm³/mol. The van der Waals surface area contributed by atoms with Crippen LogP contribution in [-0.4, -0.2) is 52.9 Å². The molecule has 4 heterocycles. The summed E-state index contributed by atoms with van der Waals surface area (Å²) in [5.41, 5.74) is 0.479. The van der Waals surface area contributed by atoms with Crippen LogP contribution < -0.4 is 5.32 Å². The lowest BCUT2D eigenvalue weighted by Crippen LogP contribution is -2.47. The quantitative estimate of drug-likeness (QED) is 0.902. The monoisotopic (exact) mass is 344 g/mol. The SMILES string of the molecule is O=C(c1cnc(NCc2ccco2)nc1)N1CCC2(CC1)OCCO2. The second kappa shape index (κ2) is 6.81. The highest BCUT2D eigenvalue weighted by Gasteiger charge is 2.40. The van der Waals surface area contributed by atoms with Gasteiger partial charge in [0.15, 0.2) is 5.79 Å². The number of rotatable bonds is 4. The predicted octanol–water partition coefficient (Wildman–Crippen LogP) is 1.66. The molecule has 2 aromatic rings. The smallest absolute Gasteiger partial charge is 0.256 e. The Morgan fingerprint density at radius 1 is 1.20 bits per heavy atom. The standard InChI is InChI=1S/C17H20N4O4/c22-15(21-5-3-17(4-6-21)24-8-9-25-17)13-10-18-16(19-11-13)20-12-14-2-1-7-23-14/h1-2,7,10-11H,3-6,8-9,12H2,(H,18,19,20). The van der Waals surface area contributed by atoms with Crippen LogP contribution in [0.5, 0.6) is 0 Å². The van der Waals surface area contributed by atoms with Crippen LogP contribution in [0.15, 0.2) is 35.2 Å². The van der Waals surface area contributed by atoms with Gasteiger partial charge in [0.25, 0.3) is 5.91 Å². The molecule has 1 N–H and O–H groups in total. The fourth-order valence-electron chi connectivity index (χ4n) is 3.13. The van der Waals surface area contributed by atoms with Crippen molar-refractivity contribution < 1.29 is 18.7 Å². The van der Waals surface area contributed by atoms with Gasteiger partial charge in [0, 0.05) is 38.3 Å². The van der Waals surface area contributed by atoms with Crippen LogP contribution in [0, 0.1) is 0 Å². The number of amides is 1. The normalized spacial score (nSPS) is 19.3. The highest BCUT2D eigenvalue weighted by molar-refractivity contribution is 5.93. The van der Waals surface area contributed by atoms with E-state index in [0.29, 0.717) is 57.2 Å². The van der Waals surface area contributed by atoms with Crippen molar-refractivity contribution in [3.05, 3.63) is 42.1 Å². The molecule has 8 nitrogen and oxygen atoms in total. The Balaban J connectivity index is 1.33. The second-order valence-corrected chi connectivity index (χ2v) is 6.13. The summed E-state index contributed by atoms with van der Waals surface area (Å²) in [7, 11) is 0. The summed E-state index contributed by atoms with van der Waals surface area (Å²) < 4.78 is 16.6. The van der Waals surface area contributed by atoms with Gasteiger partial charge in [0.1, 0.15) is 5.76 Å². The summed E-state index contributed by atoms with van der Waals surface area (Å²) in [6.07, 6.45) is 6.11. The molecule has 2 saturated heterocycles. The minimum atomic E-state index is -0.479. The number of carbonyl (C=O) groups is 1. The number of likely N-dealkylation sites (tertiary alicyclic amines) is 1. The number of hydrogen-bond acceptors (Lipinski definition) is 7. The molecule has 1 spiro atoms. The molecule has 2 aliphatic rings. The third-order valence-corrected chi connectivity index (χ3v) is 4.53. The lowest BCUT2D eigenvalue weighted by Gasteiger charge is -2.37. The number of nitrogens with zero attached hydrogens (tertiary/aromatic N) is 3. The molecule has 8 heteroatoms. The zero-order chi connectivity index (χ0) is 17.1. The molecule has 25 heavy (non-hydrogen) atoms. The minimum absolute atomic E-state index is 0.0644. The summed E-state index contributed by atoms with van der Waals surface area (Å²) in [6.45, 7) is 2.98. The van der Waals surface area contributed by atoms with Gasteiger partial charge in [-0.05, 0) is 12.1 Å². The first-order valence-electron chi connectivity index (χ1n) is 8.40. The largest absolute Gasteiger partial charge is 0.467 e. The van der Waals surface area contributed by atoms with Crippen molar-refractivity contribution in [1.82, 2.24) is 14.9 Å². The number of aromatic nitrogens is 2. The molecule has 0 saturated carbocycles. The van der Waals surface area contributed by atoms with E-state index >= 15 is 0 Å². The van der Waals surface area contributed by atoms with Crippen LogP contribution >= 0.6 is 0 Å². The highest BCUT2D eigenvalue weighted by atomic mass is 16.7. The molecule has 2 fully saturated rings. The summed E-state index contributed by atoms with van der Waals surface area (Å²) in [5.74, 6) is 0.707. The van der Waals surface area contributed by atoms with Gasteiger partial charge in [-0.15, -0.1) is 0 Å². The fraction of sp³-hybridized carbons (Fsp3) is 0.471. The Bertz CT molecular complexity index is 701. The van der Waals surface area contributed by atoms with Crippen molar-refractivity contribution in [2.75, 3.05) is 31.6 Å². The molecule has 2 aromatic heterocycles. The van der Waals surface area contributed by atoms with Crippen molar-refractivity contribution >= 4 is 11.9 Å². The lowest BCUT2D eigenvalue weighted by atomic mass is 10.0. The van der Waals surface area contributed by atoms with E-state index in [2.05, 4.69) is 15.3 Å². The first-order valence-corrected chi connectivity index (χ1v) is 8.40.